The third-order valence-corrected chi connectivity index (χ3v) is 3.88. The first-order valence-corrected chi connectivity index (χ1v) is 8.19. The monoisotopic (exact) mass is 366 g/mol. The van der Waals surface area contributed by atoms with Crippen LogP contribution in [-0.2, 0) is 4.79 Å². The molecular formula is C19H18N4O4. The Balaban J connectivity index is 1.72. The summed E-state index contributed by atoms with van der Waals surface area (Å²) in [4.78, 5) is 27.4. The number of nitrogens with one attached hydrogen (secondary N) is 1. The molecule has 0 aliphatic heterocycles. The number of hydrazone groups is 1. The first-order valence-electron chi connectivity index (χ1n) is 8.19. The van der Waals surface area contributed by atoms with Crippen molar-refractivity contribution in [2.75, 3.05) is 6.61 Å². The molecule has 27 heavy (non-hydrogen) atoms. The second kappa shape index (κ2) is 7.69. The Kier molecular flexibility index (Phi) is 5.16. The van der Waals surface area contributed by atoms with Crippen molar-refractivity contribution in [3.8, 4) is 5.75 Å². The zero-order valence-corrected chi connectivity index (χ0v) is 14.8. The third-order valence-electron chi connectivity index (χ3n) is 3.88. The quantitative estimate of drug-likeness (QED) is 0.514. The molecular weight excluding hydrogens is 348 g/mol. The average Bonchev–Trinajstić information content (AvgIpc) is 3.00. The lowest BCUT2D eigenvalue weighted by molar-refractivity contribution is -0.139. The largest absolute Gasteiger partial charge is 0.482 e. The van der Waals surface area contributed by atoms with Crippen molar-refractivity contribution in [3.63, 3.8) is 0 Å². The Morgan fingerprint density at radius 2 is 1.96 bits per heavy atom. The van der Waals surface area contributed by atoms with Crippen molar-refractivity contribution >= 4 is 23.2 Å². The number of aromatic nitrogens is 2. The summed E-state index contributed by atoms with van der Waals surface area (Å²) in [7, 11) is 0. The number of nitrogens with zero attached hydrogens (tertiary/aromatic N) is 3. The van der Waals surface area contributed by atoms with E-state index in [1.54, 1.807) is 48.7 Å². The van der Waals surface area contributed by atoms with E-state index in [2.05, 4.69) is 15.5 Å². The van der Waals surface area contributed by atoms with Crippen molar-refractivity contribution < 1.29 is 19.4 Å². The molecule has 1 aromatic carbocycles. The first-order chi connectivity index (χ1) is 13.0. The van der Waals surface area contributed by atoms with Crippen molar-refractivity contribution in [1.82, 2.24) is 14.8 Å². The molecule has 2 N–H and O–H groups in total. The smallest absolute Gasteiger partial charge is 0.341 e. The minimum atomic E-state index is -1.04. The van der Waals surface area contributed by atoms with Gasteiger partial charge in [-0.1, -0.05) is 6.07 Å². The van der Waals surface area contributed by atoms with Crippen LogP contribution in [0.5, 0.6) is 5.75 Å². The van der Waals surface area contributed by atoms with Gasteiger partial charge in [-0.15, -0.1) is 0 Å². The molecule has 2 aromatic heterocycles. The maximum Gasteiger partial charge on any atom is 0.341 e. The van der Waals surface area contributed by atoms with Gasteiger partial charge in [0.05, 0.1) is 11.4 Å². The molecule has 0 fully saturated rings. The number of ether oxygens (including phenoxy) is 1. The van der Waals surface area contributed by atoms with Gasteiger partial charge < -0.3 is 9.84 Å². The summed E-state index contributed by atoms with van der Waals surface area (Å²) < 4.78 is 6.80. The molecule has 0 saturated heterocycles. The van der Waals surface area contributed by atoms with Gasteiger partial charge in [0, 0.05) is 6.20 Å². The van der Waals surface area contributed by atoms with Gasteiger partial charge in [0.25, 0.3) is 5.91 Å². The first kappa shape index (κ1) is 18.1. The number of hydrogen-bond acceptors (Lipinski definition) is 5. The number of fused-ring (bicyclic) bond motifs is 1. The summed E-state index contributed by atoms with van der Waals surface area (Å²) in [5, 5.41) is 12.8. The van der Waals surface area contributed by atoms with Gasteiger partial charge >= 0.3 is 5.97 Å². The lowest BCUT2D eigenvalue weighted by atomic mass is 10.1. The van der Waals surface area contributed by atoms with Gasteiger partial charge in [-0.05, 0) is 55.8 Å². The van der Waals surface area contributed by atoms with E-state index in [0.717, 1.165) is 5.56 Å². The molecule has 0 radical (unpaired) electrons. The van der Waals surface area contributed by atoms with Gasteiger partial charge in [0.1, 0.15) is 17.1 Å². The van der Waals surface area contributed by atoms with Crippen LogP contribution in [0.1, 0.15) is 28.7 Å². The summed E-state index contributed by atoms with van der Waals surface area (Å²) in [5.41, 5.74) is 5.66. The van der Waals surface area contributed by atoms with Crippen LogP contribution >= 0.6 is 0 Å². The van der Waals surface area contributed by atoms with Crippen LogP contribution in [0.4, 0.5) is 0 Å². The lowest BCUT2D eigenvalue weighted by Crippen LogP contribution is -2.21. The molecule has 0 saturated carbocycles. The second-order valence-corrected chi connectivity index (χ2v) is 5.82. The molecule has 3 aromatic rings. The number of rotatable bonds is 6. The Morgan fingerprint density at radius 3 is 2.67 bits per heavy atom. The fourth-order valence-corrected chi connectivity index (χ4v) is 2.58. The van der Waals surface area contributed by atoms with E-state index in [9.17, 15) is 9.59 Å². The fraction of sp³-hybridized carbons (Fsp3) is 0.158. The normalized spacial score (nSPS) is 11.4. The number of imidazole rings is 1. The number of carbonyl (C=O) groups excluding carboxylic acids is 1. The van der Waals surface area contributed by atoms with Crippen LogP contribution in [0, 0.1) is 6.92 Å². The zero-order chi connectivity index (χ0) is 19.4. The highest BCUT2D eigenvalue weighted by atomic mass is 16.5. The molecule has 0 aliphatic rings. The van der Waals surface area contributed by atoms with E-state index < -0.39 is 12.6 Å². The molecule has 0 spiro atoms. The van der Waals surface area contributed by atoms with Gasteiger partial charge in [0.2, 0.25) is 0 Å². The maximum atomic E-state index is 12.5. The highest BCUT2D eigenvalue weighted by Gasteiger charge is 2.15. The number of benzene rings is 1. The second-order valence-electron chi connectivity index (χ2n) is 5.82. The Morgan fingerprint density at radius 1 is 1.22 bits per heavy atom. The minimum absolute atomic E-state index is 0.355. The molecule has 138 valence electrons. The predicted molar refractivity (Wildman–Crippen MR) is 99.2 cm³/mol. The van der Waals surface area contributed by atoms with E-state index >= 15 is 0 Å². The highest BCUT2D eigenvalue weighted by molar-refractivity contribution is 6.01. The maximum absolute atomic E-state index is 12.5. The number of aliphatic carboxylic acids is 1. The Labute approximate surface area is 155 Å². The van der Waals surface area contributed by atoms with Crippen LogP contribution in [0.2, 0.25) is 0 Å². The van der Waals surface area contributed by atoms with Crippen molar-refractivity contribution in [2.24, 2.45) is 5.10 Å². The van der Waals surface area contributed by atoms with Crippen LogP contribution in [0.15, 0.2) is 53.8 Å². The summed E-state index contributed by atoms with van der Waals surface area (Å²) in [6, 6.07) is 12.3. The molecule has 0 atom stereocenters. The van der Waals surface area contributed by atoms with E-state index in [-0.39, 0.29) is 5.91 Å². The van der Waals surface area contributed by atoms with Crippen LogP contribution in [0.3, 0.4) is 0 Å². The lowest BCUT2D eigenvalue weighted by Gasteiger charge is -2.06. The number of pyridine rings is 1. The molecule has 0 aliphatic carbocycles. The van der Waals surface area contributed by atoms with Crippen molar-refractivity contribution in [1.29, 1.82) is 0 Å². The number of carbonyl (C=O) groups is 2. The van der Waals surface area contributed by atoms with Gasteiger partial charge in [0.15, 0.2) is 6.61 Å². The highest BCUT2D eigenvalue weighted by Crippen LogP contribution is 2.14. The molecule has 8 heteroatoms. The number of hydrogen-bond donors (Lipinski definition) is 2. The Bertz CT molecular complexity index is 1020. The van der Waals surface area contributed by atoms with Crippen LogP contribution in [-0.4, -0.2) is 38.7 Å². The molecule has 8 nitrogen and oxygen atoms in total. The summed E-state index contributed by atoms with van der Waals surface area (Å²) in [6.45, 7) is 3.13. The standard InChI is InChI=1S/C19H18N4O4/c1-12(14-6-8-15(9-7-14)27-11-17(24)25)21-22-19(26)18-13(2)20-16-5-3-4-10-23(16)18/h3-10H,11H2,1-2H3,(H,22,26)(H,24,25)/b21-12-. The molecule has 3 rings (SSSR count). The SMILES string of the molecule is C/C(=N/NC(=O)c1c(C)nc2ccccn12)c1ccc(OCC(=O)O)cc1. The number of amides is 1. The van der Waals surface area contributed by atoms with Gasteiger partial charge in [-0.3, -0.25) is 9.20 Å². The molecule has 1 amide bonds. The van der Waals surface area contributed by atoms with E-state index in [0.29, 0.717) is 28.5 Å². The molecule has 2 heterocycles. The van der Waals surface area contributed by atoms with Crippen molar-refractivity contribution in [3.05, 3.63) is 65.6 Å². The molecule has 0 bridgehead atoms. The predicted octanol–water partition coefficient (Wildman–Crippen LogP) is 2.26. The van der Waals surface area contributed by atoms with Crippen molar-refractivity contribution in [2.45, 2.75) is 13.8 Å². The van der Waals surface area contributed by atoms with Crippen LogP contribution in [0.25, 0.3) is 5.65 Å². The summed E-state index contributed by atoms with van der Waals surface area (Å²) in [5.74, 6) is -0.950. The zero-order valence-electron chi connectivity index (χ0n) is 14.8. The topological polar surface area (TPSA) is 105 Å². The van der Waals surface area contributed by atoms with E-state index in [1.807, 2.05) is 18.2 Å². The number of carboxylic acid groups (broad SMARTS) is 1. The third kappa shape index (κ3) is 4.12. The van der Waals surface area contributed by atoms with Gasteiger partial charge in [-0.2, -0.15) is 5.10 Å². The summed E-state index contributed by atoms with van der Waals surface area (Å²) in [6.07, 6.45) is 1.77. The van der Waals surface area contributed by atoms with E-state index in [1.165, 1.54) is 0 Å². The number of carboxylic acids is 1. The molecule has 0 unspecified atom stereocenters. The summed E-state index contributed by atoms with van der Waals surface area (Å²) >= 11 is 0. The number of aryl methyl sites for hydroxylation is 1. The van der Waals surface area contributed by atoms with E-state index in [4.69, 9.17) is 9.84 Å². The Hall–Kier alpha value is -3.68. The fourth-order valence-electron chi connectivity index (χ4n) is 2.58. The average molecular weight is 366 g/mol. The van der Waals surface area contributed by atoms with Gasteiger partial charge in [-0.25, -0.2) is 15.2 Å². The minimum Gasteiger partial charge on any atom is -0.482 e. The van der Waals surface area contributed by atoms with Crippen LogP contribution < -0.4 is 10.2 Å².